The highest BCUT2D eigenvalue weighted by Crippen LogP contribution is 2.10. The summed E-state index contributed by atoms with van der Waals surface area (Å²) in [5.41, 5.74) is 0.0994. The Labute approximate surface area is 73.6 Å². The molecule has 13 heavy (non-hydrogen) atoms. The lowest BCUT2D eigenvalue weighted by Crippen LogP contribution is -2.28. The predicted molar refractivity (Wildman–Crippen MR) is 43.6 cm³/mol. The molecule has 0 saturated heterocycles. The number of nitrogens with one attached hydrogen (secondary N) is 1. The van der Waals surface area contributed by atoms with Gasteiger partial charge in [0.2, 0.25) is 0 Å². The number of hydrogen-bond donors (Lipinski definition) is 3. The van der Waals surface area contributed by atoms with Gasteiger partial charge < -0.3 is 10.2 Å². The van der Waals surface area contributed by atoms with Crippen molar-refractivity contribution in [1.29, 1.82) is 0 Å². The quantitative estimate of drug-likeness (QED) is 0.598. The number of phenolic OH excluding ortho intramolecular Hbond substituents is 1. The minimum atomic E-state index is -1.42. The molecular weight excluding hydrogens is 174 g/mol. The number of amides is 2. The summed E-state index contributed by atoms with van der Waals surface area (Å²) in [5, 5.41) is 18.8. The van der Waals surface area contributed by atoms with Crippen molar-refractivity contribution in [3.8, 4) is 5.75 Å². The van der Waals surface area contributed by atoms with Crippen LogP contribution >= 0.6 is 0 Å². The summed E-state index contributed by atoms with van der Waals surface area (Å²) in [6.07, 6.45) is -1.42. The van der Waals surface area contributed by atoms with Crippen molar-refractivity contribution < 1.29 is 19.8 Å². The fraction of sp³-hybridized carbons (Fsp3) is 0. The Hall–Kier alpha value is -2.04. The first-order valence-corrected chi connectivity index (χ1v) is 3.43. The largest absolute Gasteiger partial charge is 0.508 e. The molecule has 1 aromatic carbocycles. The van der Waals surface area contributed by atoms with Gasteiger partial charge >= 0.3 is 6.09 Å². The monoisotopic (exact) mass is 181 g/mol. The zero-order valence-corrected chi connectivity index (χ0v) is 6.52. The molecule has 2 amide bonds. The van der Waals surface area contributed by atoms with Crippen molar-refractivity contribution in [2.24, 2.45) is 0 Å². The molecule has 0 bridgehead atoms. The molecule has 0 saturated carbocycles. The summed E-state index contributed by atoms with van der Waals surface area (Å²) in [5.74, 6) is -0.846. The van der Waals surface area contributed by atoms with E-state index >= 15 is 0 Å². The second-order valence-electron chi connectivity index (χ2n) is 2.31. The van der Waals surface area contributed by atoms with Crippen LogP contribution in [-0.4, -0.2) is 22.2 Å². The zero-order valence-electron chi connectivity index (χ0n) is 6.52. The molecule has 0 heterocycles. The number of carboxylic acid groups (broad SMARTS) is 1. The molecule has 0 aliphatic heterocycles. The van der Waals surface area contributed by atoms with Gasteiger partial charge in [-0.05, 0) is 18.2 Å². The van der Waals surface area contributed by atoms with Crippen molar-refractivity contribution >= 4 is 12.0 Å². The van der Waals surface area contributed by atoms with Gasteiger partial charge in [-0.1, -0.05) is 6.07 Å². The Morgan fingerprint density at radius 2 is 2.00 bits per heavy atom. The number of hydrogen-bond acceptors (Lipinski definition) is 3. The number of imide groups is 1. The van der Waals surface area contributed by atoms with Gasteiger partial charge in [0.15, 0.2) is 0 Å². The smallest absolute Gasteiger partial charge is 0.411 e. The molecule has 1 rings (SSSR count). The van der Waals surface area contributed by atoms with Crippen molar-refractivity contribution in [1.82, 2.24) is 5.32 Å². The molecule has 68 valence electrons. The predicted octanol–water partition coefficient (Wildman–Crippen LogP) is 0.800. The highest BCUT2D eigenvalue weighted by molar-refractivity contribution is 6.02. The molecule has 0 aliphatic rings. The van der Waals surface area contributed by atoms with E-state index in [9.17, 15) is 9.59 Å². The molecule has 0 unspecified atom stereocenters. The highest BCUT2D eigenvalue weighted by Gasteiger charge is 2.08. The lowest BCUT2D eigenvalue weighted by molar-refractivity contribution is 0.0947. The molecule has 5 heteroatoms. The van der Waals surface area contributed by atoms with Crippen molar-refractivity contribution in [3.63, 3.8) is 0 Å². The van der Waals surface area contributed by atoms with Gasteiger partial charge in [-0.2, -0.15) is 0 Å². The molecule has 5 nitrogen and oxygen atoms in total. The Bertz CT molecular complexity index is 348. The molecule has 0 aliphatic carbocycles. The van der Waals surface area contributed by atoms with Gasteiger partial charge in [0.05, 0.1) is 0 Å². The van der Waals surface area contributed by atoms with Gasteiger partial charge in [-0.25, -0.2) is 4.79 Å². The van der Waals surface area contributed by atoms with E-state index in [-0.39, 0.29) is 11.3 Å². The van der Waals surface area contributed by atoms with E-state index in [0.29, 0.717) is 0 Å². The van der Waals surface area contributed by atoms with Gasteiger partial charge in [-0.15, -0.1) is 0 Å². The Balaban J connectivity index is 2.83. The third-order valence-electron chi connectivity index (χ3n) is 1.33. The Morgan fingerprint density at radius 1 is 1.31 bits per heavy atom. The van der Waals surface area contributed by atoms with E-state index in [1.54, 1.807) is 5.32 Å². The minimum Gasteiger partial charge on any atom is -0.508 e. The van der Waals surface area contributed by atoms with E-state index < -0.39 is 12.0 Å². The first kappa shape index (κ1) is 9.05. The fourth-order valence-corrected chi connectivity index (χ4v) is 0.816. The number of carbonyl (C=O) groups is 2. The van der Waals surface area contributed by atoms with Crippen LogP contribution in [0.1, 0.15) is 10.4 Å². The van der Waals surface area contributed by atoms with Crippen LogP contribution in [0.3, 0.4) is 0 Å². The van der Waals surface area contributed by atoms with E-state index in [2.05, 4.69) is 0 Å². The summed E-state index contributed by atoms with van der Waals surface area (Å²) < 4.78 is 0. The molecule has 0 spiro atoms. The third kappa shape index (κ3) is 2.48. The minimum absolute atomic E-state index is 0.0851. The van der Waals surface area contributed by atoms with Crippen LogP contribution in [0.4, 0.5) is 4.79 Å². The summed E-state index contributed by atoms with van der Waals surface area (Å²) in [6.45, 7) is 0. The first-order chi connectivity index (χ1) is 6.09. The number of phenols is 1. The molecule has 0 aromatic heterocycles. The van der Waals surface area contributed by atoms with E-state index in [1.807, 2.05) is 0 Å². The lowest BCUT2D eigenvalue weighted by atomic mass is 10.2. The molecule has 0 atom stereocenters. The summed E-state index contributed by atoms with van der Waals surface area (Å²) in [6, 6.07) is 5.42. The van der Waals surface area contributed by atoms with Crippen molar-refractivity contribution in [2.45, 2.75) is 0 Å². The number of rotatable bonds is 1. The van der Waals surface area contributed by atoms with E-state index in [1.165, 1.54) is 24.3 Å². The van der Waals surface area contributed by atoms with E-state index in [4.69, 9.17) is 10.2 Å². The number of benzene rings is 1. The number of aromatic hydroxyl groups is 1. The van der Waals surface area contributed by atoms with Gasteiger partial charge in [0, 0.05) is 5.56 Å². The SMILES string of the molecule is O=C(O)NC(=O)c1cccc(O)c1. The van der Waals surface area contributed by atoms with Crippen LogP contribution in [-0.2, 0) is 0 Å². The van der Waals surface area contributed by atoms with Crippen LogP contribution in [0.2, 0.25) is 0 Å². The van der Waals surface area contributed by atoms with Crippen LogP contribution in [0.5, 0.6) is 5.75 Å². The lowest BCUT2D eigenvalue weighted by Gasteiger charge is -1.99. The topological polar surface area (TPSA) is 86.6 Å². The summed E-state index contributed by atoms with van der Waals surface area (Å²) >= 11 is 0. The highest BCUT2D eigenvalue weighted by atomic mass is 16.4. The Kier molecular flexibility index (Phi) is 2.49. The third-order valence-corrected chi connectivity index (χ3v) is 1.33. The van der Waals surface area contributed by atoms with Crippen LogP contribution in [0.15, 0.2) is 24.3 Å². The van der Waals surface area contributed by atoms with Crippen molar-refractivity contribution in [3.05, 3.63) is 29.8 Å². The maximum Gasteiger partial charge on any atom is 0.411 e. The summed E-state index contributed by atoms with van der Waals surface area (Å²) in [4.78, 5) is 21.1. The van der Waals surface area contributed by atoms with Crippen LogP contribution < -0.4 is 5.32 Å². The van der Waals surface area contributed by atoms with E-state index in [0.717, 1.165) is 0 Å². The van der Waals surface area contributed by atoms with Crippen LogP contribution in [0.25, 0.3) is 0 Å². The normalized spacial score (nSPS) is 9.23. The second kappa shape index (κ2) is 3.57. The average Bonchev–Trinajstić information content (AvgIpc) is 2.03. The molecule has 1 aromatic rings. The maximum absolute atomic E-state index is 11.0. The first-order valence-electron chi connectivity index (χ1n) is 3.43. The van der Waals surface area contributed by atoms with Gasteiger partial charge in [0.1, 0.15) is 5.75 Å². The molecule has 0 radical (unpaired) electrons. The fourth-order valence-electron chi connectivity index (χ4n) is 0.816. The standard InChI is InChI=1S/C8H7NO4/c10-6-3-1-2-5(4-6)7(11)9-8(12)13/h1-4,10H,(H,9,11)(H,12,13). The molecule has 3 N–H and O–H groups in total. The summed E-state index contributed by atoms with van der Waals surface area (Å²) in [7, 11) is 0. The van der Waals surface area contributed by atoms with Crippen LogP contribution in [0, 0.1) is 0 Å². The number of carbonyl (C=O) groups excluding carboxylic acids is 1. The van der Waals surface area contributed by atoms with Gasteiger partial charge in [-0.3, -0.25) is 10.1 Å². The maximum atomic E-state index is 11.0. The molecular formula is C8H7NO4. The average molecular weight is 181 g/mol. The zero-order chi connectivity index (χ0) is 9.84. The Morgan fingerprint density at radius 3 is 2.54 bits per heavy atom. The van der Waals surface area contributed by atoms with Crippen molar-refractivity contribution in [2.75, 3.05) is 0 Å². The second-order valence-corrected chi connectivity index (χ2v) is 2.31. The van der Waals surface area contributed by atoms with Gasteiger partial charge in [0.25, 0.3) is 5.91 Å². The molecule has 0 fully saturated rings.